The van der Waals surface area contributed by atoms with Crippen LogP contribution >= 0.6 is 0 Å². The molecule has 5 fully saturated rings. The van der Waals surface area contributed by atoms with Crippen LogP contribution in [0, 0.1) is 30.1 Å². The quantitative estimate of drug-likeness (QED) is 0.548. The van der Waals surface area contributed by atoms with Crippen molar-refractivity contribution in [1.82, 2.24) is 4.90 Å². The van der Waals surface area contributed by atoms with Gasteiger partial charge in [0.1, 0.15) is 6.10 Å². The van der Waals surface area contributed by atoms with Gasteiger partial charge in [0.15, 0.2) is 0 Å². The molecule has 0 N–H and O–H groups in total. The lowest BCUT2D eigenvalue weighted by atomic mass is 9.53. The first-order valence-corrected chi connectivity index (χ1v) is 12.3. The van der Waals surface area contributed by atoms with Crippen LogP contribution in [0.15, 0.2) is 24.3 Å². The van der Waals surface area contributed by atoms with E-state index < -0.39 is 0 Å². The minimum atomic E-state index is 0.0396. The minimum absolute atomic E-state index is 0.0396. The van der Waals surface area contributed by atoms with Crippen LogP contribution in [0.5, 0.6) is 0 Å². The first-order chi connectivity index (χ1) is 15.0. The lowest BCUT2D eigenvalue weighted by Gasteiger charge is -2.51. The van der Waals surface area contributed by atoms with Crippen molar-refractivity contribution in [2.75, 3.05) is 44.2 Å². The van der Waals surface area contributed by atoms with Gasteiger partial charge in [0.05, 0.1) is 18.1 Å². The van der Waals surface area contributed by atoms with Gasteiger partial charge in [-0.25, -0.2) is 0 Å². The van der Waals surface area contributed by atoms with E-state index >= 15 is 0 Å². The standard InChI is InChI=1S/C26H36N2O3/c1-18-5-3-6-19(13-18)28-11-9-27(10-12-28)16-21-20-14-23-25(2,15-22(20)31-24(21)29)7-4-8-26(23)17-30-26/h3,5-6,13,20-23H,4,7-12,14-17H2,1-2H3/t20-,21?,22-,23?,25-,26?/m1/s1. The number of carbonyl (C=O) groups excluding carboxylic acids is 1. The van der Waals surface area contributed by atoms with Gasteiger partial charge in [-0.2, -0.15) is 0 Å². The summed E-state index contributed by atoms with van der Waals surface area (Å²) in [6, 6.07) is 8.78. The molecular weight excluding hydrogens is 388 g/mol. The van der Waals surface area contributed by atoms with E-state index in [4.69, 9.17) is 9.47 Å². The highest BCUT2D eigenvalue weighted by molar-refractivity contribution is 5.75. The summed E-state index contributed by atoms with van der Waals surface area (Å²) in [6.45, 7) is 10.5. The lowest BCUT2D eigenvalue weighted by Crippen LogP contribution is -2.52. The second-order valence-corrected chi connectivity index (χ2v) is 11.2. The summed E-state index contributed by atoms with van der Waals surface area (Å²) in [7, 11) is 0. The highest BCUT2D eigenvalue weighted by Gasteiger charge is 2.65. The van der Waals surface area contributed by atoms with Gasteiger partial charge in [-0.1, -0.05) is 19.1 Å². The SMILES string of the molecule is Cc1cccc(N2CCN(CC3C(=O)O[C@@H]4C[C@@]5(C)CCCC6(CO6)C5C[C@H]34)CC2)c1. The van der Waals surface area contributed by atoms with Gasteiger partial charge >= 0.3 is 5.97 Å². The highest BCUT2D eigenvalue weighted by Crippen LogP contribution is 2.62. The van der Waals surface area contributed by atoms with E-state index in [1.54, 1.807) is 0 Å². The van der Waals surface area contributed by atoms with Gasteiger partial charge in [-0.15, -0.1) is 0 Å². The normalized spacial score (nSPS) is 42.3. The topological polar surface area (TPSA) is 45.3 Å². The molecule has 2 saturated carbocycles. The first-order valence-electron chi connectivity index (χ1n) is 12.3. The summed E-state index contributed by atoms with van der Waals surface area (Å²) in [4.78, 5) is 17.9. The van der Waals surface area contributed by atoms with Crippen LogP contribution < -0.4 is 4.90 Å². The number of nitrogens with zero attached hydrogens (tertiary/aromatic N) is 2. The summed E-state index contributed by atoms with van der Waals surface area (Å²) < 4.78 is 12.1. The molecule has 6 atom stereocenters. The molecule has 3 saturated heterocycles. The van der Waals surface area contributed by atoms with E-state index in [1.807, 2.05) is 0 Å². The van der Waals surface area contributed by atoms with E-state index in [-0.39, 0.29) is 29.0 Å². The van der Waals surface area contributed by atoms with Crippen molar-refractivity contribution in [1.29, 1.82) is 0 Å². The average molecular weight is 425 g/mol. The third kappa shape index (κ3) is 3.39. The van der Waals surface area contributed by atoms with Crippen molar-refractivity contribution >= 4 is 11.7 Å². The van der Waals surface area contributed by atoms with Gasteiger partial charge in [0.25, 0.3) is 0 Å². The highest BCUT2D eigenvalue weighted by atomic mass is 16.6. The van der Waals surface area contributed by atoms with Crippen LogP contribution in [0.25, 0.3) is 0 Å². The summed E-state index contributed by atoms with van der Waals surface area (Å²) >= 11 is 0. The Kier molecular flexibility index (Phi) is 4.66. The van der Waals surface area contributed by atoms with Crippen LogP contribution in [0.3, 0.4) is 0 Å². The zero-order valence-electron chi connectivity index (χ0n) is 19.0. The van der Waals surface area contributed by atoms with Crippen molar-refractivity contribution in [2.45, 2.75) is 57.7 Å². The molecule has 0 amide bonds. The molecule has 3 unspecified atom stereocenters. The fraction of sp³-hybridized carbons (Fsp3) is 0.731. The number of ether oxygens (including phenoxy) is 2. The molecule has 3 heterocycles. The Morgan fingerprint density at radius 2 is 1.97 bits per heavy atom. The predicted octanol–water partition coefficient (Wildman–Crippen LogP) is 3.64. The van der Waals surface area contributed by atoms with Crippen LogP contribution in [0.4, 0.5) is 5.69 Å². The van der Waals surface area contributed by atoms with Crippen molar-refractivity contribution < 1.29 is 14.3 Å². The summed E-state index contributed by atoms with van der Waals surface area (Å²) in [6.07, 6.45) is 6.01. The van der Waals surface area contributed by atoms with E-state index in [0.717, 1.165) is 52.2 Å². The molecule has 0 aromatic heterocycles. The summed E-state index contributed by atoms with van der Waals surface area (Å²) in [5, 5.41) is 0. The molecule has 1 aromatic rings. The van der Waals surface area contributed by atoms with Crippen molar-refractivity contribution in [3.05, 3.63) is 29.8 Å². The summed E-state index contributed by atoms with van der Waals surface area (Å²) in [5.41, 5.74) is 3.04. The Hall–Kier alpha value is -1.59. The van der Waals surface area contributed by atoms with Crippen LogP contribution in [0.1, 0.15) is 44.6 Å². The molecule has 0 bridgehead atoms. The number of epoxide rings is 1. The van der Waals surface area contributed by atoms with Crippen molar-refractivity contribution in [3.8, 4) is 0 Å². The lowest BCUT2D eigenvalue weighted by molar-refractivity contribution is -0.147. The number of esters is 1. The first kappa shape index (κ1) is 20.0. The van der Waals surface area contributed by atoms with Gasteiger partial charge in [0.2, 0.25) is 0 Å². The Balaban J connectivity index is 1.12. The van der Waals surface area contributed by atoms with Gasteiger partial charge in [0, 0.05) is 44.3 Å². The molecule has 31 heavy (non-hydrogen) atoms. The second kappa shape index (κ2) is 7.21. The minimum Gasteiger partial charge on any atom is -0.462 e. The second-order valence-electron chi connectivity index (χ2n) is 11.2. The number of hydrogen-bond donors (Lipinski definition) is 0. The Labute approximate surface area is 186 Å². The number of hydrogen-bond acceptors (Lipinski definition) is 5. The third-order valence-corrected chi connectivity index (χ3v) is 9.27. The van der Waals surface area contributed by atoms with Gasteiger partial charge < -0.3 is 14.4 Å². The molecule has 5 nitrogen and oxygen atoms in total. The van der Waals surface area contributed by atoms with Gasteiger partial charge in [-0.3, -0.25) is 9.69 Å². The zero-order valence-corrected chi connectivity index (χ0v) is 19.0. The van der Waals surface area contributed by atoms with Crippen LogP contribution in [-0.4, -0.2) is 61.9 Å². The zero-order chi connectivity index (χ0) is 21.2. The molecule has 2 aliphatic carbocycles. The molecule has 3 aliphatic heterocycles. The number of carbonyl (C=O) groups is 1. The maximum Gasteiger partial charge on any atom is 0.310 e. The average Bonchev–Trinajstić information content (AvgIpc) is 3.45. The molecule has 168 valence electrons. The molecule has 0 radical (unpaired) electrons. The Morgan fingerprint density at radius 1 is 1.16 bits per heavy atom. The Morgan fingerprint density at radius 3 is 2.71 bits per heavy atom. The molecule has 1 spiro atoms. The van der Waals surface area contributed by atoms with Crippen LogP contribution in [0.2, 0.25) is 0 Å². The molecule has 5 aliphatic rings. The van der Waals surface area contributed by atoms with Crippen molar-refractivity contribution in [3.63, 3.8) is 0 Å². The van der Waals surface area contributed by atoms with Gasteiger partial charge in [-0.05, 0) is 68.1 Å². The molecule has 5 heteroatoms. The number of rotatable bonds is 3. The van der Waals surface area contributed by atoms with E-state index in [1.165, 1.54) is 30.5 Å². The fourth-order valence-electron chi connectivity index (χ4n) is 7.46. The summed E-state index contributed by atoms with van der Waals surface area (Å²) in [5.74, 6) is 1.08. The third-order valence-electron chi connectivity index (χ3n) is 9.27. The molecule has 1 aromatic carbocycles. The van der Waals surface area contributed by atoms with Crippen LogP contribution in [-0.2, 0) is 14.3 Å². The smallest absolute Gasteiger partial charge is 0.310 e. The number of anilines is 1. The fourth-order valence-corrected chi connectivity index (χ4v) is 7.46. The maximum absolute atomic E-state index is 12.9. The molecular formula is C26H36N2O3. The number of aryl methyl sites for hydroxylation is 1. The van der Waals surface area contributed by atoms with Crippen molar-refractivity contribution in [2.24, 2.45) is 23.2 Å². The predicted molar refractivity (Wildman–Crippen MR) is 120 cm³/mol. The van der Waals surface area contributed by atoms with E-state index in [9.17, 15) is 4.79 Å². The monoisotopic (exact) mass is 424 g/mol. The largest absolute Gasteiger partial charge is 0.462 e. The number of benzene rings is 1. The molecule has 6 rings (SSSR count). The number of fused-ring (bicyclic) bond motifs is 3. The maximum atomic E-state index is 12.9. The van der Waals surface area contributed by atoms with E-state index in [0.29, 0.717) is 11.8 Å². The number of piperazine rings is 1. The van der Waals surface area contributed by atoms with E-state index in [2.05, 4.69) is 47.9 Å². The Bertz CT molecular complexity index is 860.